The number of carbonyl (C=O) groups excluding carboxylic acids is 2. The summed E-state index contributed by atoms with van der Waals surface area (Å²) < 4.78 is 5.72. The minimum absolute atomic E-state index is 0.0339. The molecule has 31 heavy (non-hydrogen) atoms. The number of nitriles is 1. The Morgan fingerprint density at radius 3 is 2.77 bits per heavy atom. The average Bonchev–Trinajstić information content (AvgIpc) is 2.91. The largest absolute Gasteiger partial charge is 0.489 e. The fourth-order valence-electron chi connectivity index (χ4n) is 3.34. The molecular formula is C23H19N5O3. The highest BCUT2D eigenvalue weighted by Crippen LogP contribution is 2.31. The second-order valence-corrected chi connectivity index (χ2v) is 7.12. The van der Waals surface area contributed by atoms with E-state index in [0.29, 0.717) is 22.7 Å². The zero-order valence-corrected chi connectivity index (χ0v) is 17.0. The lowest BCUT2D eigenvalue weighted by molar-refractivity contribution is -0.120. The summed E-state index contributed by atoms with van der Waals surface area (Å²) in [5.74, 6) is -0.540. The quantitative estimate of drug-likeness (QED) is 0.707. The van der Waals surface area contributed by atoms with E-state index in [1.165, 1.54) is 4.90 Å². The van der Waals surface area contributed by atoms with Gasteiger partial charge in [-0.25, -0.2) is 9.97 Å². The van der Waals surface area contributed by atoms with Crippen molar-refractivity contribution in [3.63, 3.8) is 0 Å². The number of rotatable bonds is 3. The second kappa shape index (κ2) is 8.24. The van der Waals surface area contributed by atoms with Gasteiger partial charge in [-0.05, 0) is 24.6 Å². The number of benzene rings is 2. The normalized spacial score (nSPS) is 15.3. The van der Waals surface area contributed by atoms with Gasteiger partial charge in [0.15, 0.2) is 0 Å². The predicted octanol–water partition coefficient (Wildman–Crippen LogP) is 2.48. The molecule has 0 aliphatic carbocycles. The predicted molar refractivity (Wildman–Crippen MR) is 114 cm³/mol. The van der Waals surface area contributed by atoms with Gasteiger partial charge in [-0.15, -0.1) is 0 Å². The number of ether oxygens (including phenoxy) is 1. The number of nitrogens with one attached hydrogen (secondary N) is 1. The lowest BCUT2D eigenvalue weighted by Crippen LogP contribution is -2.49. The molecule has 8 nitrogen and oxygen atoms in total. The number of anilines is 1. The summed E-state index contributed by atoms with van der Waals surface area (Å²) >= 11 is 0. The highest BCUT2D eigenvalue weighted by molar-refractivity contribution is 6.02. The fourth-order valence-corrected chi connectivity index (χ4v) is 3.34. The van der Waals surface area contributed by atoms with Crippen LogP contribution in [-0.4, -0.2) is 41.5 Å². The number of hydrogen-bond donors (Lipinski definition) is 1. The van der Waals surface area contributed by atoms with Crippen molar-refractivity contribution in [3.8, 4) is 23.1 Å². The van der Waals surface area contributed by atoms with Crippen LogP contribution in [0.1, 0.15) is 21.7 Å². The van der Waals surface area contributed by atoms with Crippen molar-refractivity contribution in [1.82, 2.24) is 15.3 Å². The molecule has 8 heteroatoms. The number of fused-ring (bicyclic) bond motifs is 1. The molecule has 1 atom stereocenters. The number of nitrogens with zero attached hydrogens (tertiary/aromatic N) is 4. The minimum Gasteiger partial charge on any atom is -0.489 e. The van der Waals surface area contributed by atoms with Crippen LogP contribution in [0.4, 0.5) is 5.69 Å². The second-order valence-electron chi connectivity index (χ2n) is 7.12. The van der Waals surface area contributed by atoms with Crippen LogP contribution >= 0.6 is 0 Å². The number of aryl methyl sites for hydroxylation is 1. The number of aromatic nitrogens is 2. The number of carbonyl (C=O) groups is 2. The average molecular weight is 413 g/mol. The van der Waals surface area contributed by atoms with Crippen molar-refractivity contribution < 1.29 is 14.3 Å². The van der Waals surface area contributed by atoms with Gasteiger partial charge in [-0.1, -0.05) is 30.3 Å². The summed E-state index contributed by atoms with van der Waals surface area (Å²) in [6.45, 7) is 1.79. The van der Waals surface area contributed by atoms with Crippen molar-refractivity contribution in [3.05, 3.63) is 71.7 Å². The zero-order valence-electron chi connectivity index (χ0n) is 17.0. The Kier molecular flexibility index (Phi) is 5.33. The standard InChI is InChI=1S/C23H19N5O3/c1-14-12-25-21(27-20(14)16-6-4-3-5-7-16)22(29)26-17-13-31-19-10-15(11-24)8-9-18(19)28(2)23(17)30/h3-10,12,17H,13H2,1-2H3,(H,26,29)/t17-/m0/s1. The SMILES string of the molecule is Cc1cnc(C(=O)N[C@H]2COc3cc(C#N)ccc3N(C)C2=O)nc1-c1ccccc1. The van der Waals surface area contributed by atoms with Crippen molar-refractivity contribution in [2.24, 2.45) is 0 Å². The molecule has 1 aliphatic rings. The summed E-state index contributed by atoms with van der Waals surface area (Å²) in [5, 5.41) is 11.8. The molecule has 0 saturated carbocycles. The Labute approximate surface area is 179 Å². The maximum absolute atomic E-state index is 12.9. The van der Waals surface area contributed by atoms with Gasteiger partial charge in [-0.2, -0.15) is 5.26 Å². The van der Waals surface area contributed by atoms with Crippen LogP contribution in [0.15, 0.2) is 54.7 Å². The topological polar surface area (TPSA) is 108 Å². The van der Waals surface area contributed by atoms with E-state index in [4.69, 9.17) is 10.00 Å². The van der Waals surface area contributed by atoms with E-state index < -0.39 is 11.9 Å². The summed E-state index contributed by atoms with van der Waals surface area (Å²) in [4.78, 5) is 35.7. The third kappa shape index (κ3) is 3.94. The lowest BCUT2D eigenvalue weighted by Gasteiger charge is -2.20. The first kappa shape index (κ1) is 20.0. The first-order chi connectivity index (χ1) is 15.0. The van der Waals surface area contributed by atoms with Gasteiger partial charge in [-0.3, -0.25) is 9.59 Å². The number of likely N-dealkylation sites (N-methyl/N-ethyl adjacent to an activating group) is 1. The summed E-state index contributed by atoms with van der Waals surface area (Å²) in [6.07, 6.45) is 1.58. The zero-order chi connectivity index (χ0) is 22.0. The van der Waals surface area contributed by atoms with E-state index in [1.54, 1.807) is 31.4 Å². The molecule has 0 spiro atoms. The van der Waals surface area contributed by atoms with Gasteiger partial charge < -0.3 is 15.0 Å². The minimum atomic E-state index is -0.930. The molecule has 1 aliphatic heterocycles. The molecule has 1 aromatic heterocycles. The Bertz CT molecular complexity index is 1200. The van der Waals surface area contributed by atoms with Crippen LogP contribution in [0.25, 0.3) is 11.3 Å². The smallest absolute Gasteiger partial charge is 0.289 e. The molecule has 4 rings (SSSR count). The molecule has 154 valence electrons. The third-order valence-electron chi connectivity index (χ3n) is 5.01. The van der Waals surface area contributed by atoms with Gasteiger partial charge in [0.2, 0.25) is 5.82 Å². The number of amides is 2. The maximum atomic E-state index is 12.9. The van der Waals surface area contributed by atoms with E-state index in [0.717, 1.165) is 11.1 Å². The van der Waals surface area contributed by atoms with Gasteiger partial charge in [0.25, 0.3) is 11.8 Å². The van der Waals surface area contributed by atoms with Gasteiger partial charge in [0, 0.05) is 24.9 Å². The number of hydrogen-bond acceptors (Lipinski definition) is 6. The van der Waals surface area contributed by atoms with Crippen LogP contribution in [0, 0.1) is 18.3 Å². The molecule has 2 amide bonds. The molecule has 3 aromatic rings. The van der Waals surface area contributed by atoms with Crippen molar-refractivity contribution in [2.75, 3.05) is 18.6 Å². The van der Waals surface area contributed by atoms with Crippen LogP contribution < -0.4 is 15.0 Å². The molecule has 0 unspecified atom stereocenters. The van der Waals surface area contributed by atoms with Crippen molar-refractivity contribution >= 4 is 17.5 Å². The van der Waals surface area contributed by atoms with Crippen LogP contribution in [0.5, 0.6) is 5.75 Å². The Hall–Kier alpha value is -4.25. The molecule has 2 heterocycles. The van der Waals surface area contributed by atoms with E-state index in [1.807, 2.05) is 43.3 Å². The van der Waals surface area contributed by atoms with E-state index in [2.05, 4.69) is 15.3 Å². The molecule has 0 bridgehead atoms. The molecule has 0 radical (unpaired) electrons. The van der Waals surface area contributed by atoms with Crippen LogP contribution in [0.2, 0.25) is 0 Å². The third-order valence-corrected chi connectivity index (χ3v) is 5.01. The summed E-state index contributed by atoms with van der Waals surface area (Å²) in [6, 6.07) is 15.4. The lowest BCUT2D eigenvalue weighted by atomic mass is 10.1. The summed E-state index contributed by atoms with van der Waals surface area (Å²) in [5.41, 5.74) is 3.30. The fraction of sp³-hybridized carbons (Fsp3) is 0.174. The van der Waals surface area contributed by atoms with E-state index >= 15 is 0 Å². The highest BCUT2D eigenvalue weighted by atomic mass is 16.5. The Balaban J connectivity index is 1.57. The molecule has 2 aromatic carbocycles. The maximum Gasteiger partial charge on any atom is 0.289 e. The van der Waals surface area contributed by atoms with Crippen LogP contribution in [-0.2, 0) is 4.79 Å². The summed E-state index contributed by atoms with van der Waals surface area (Å²) in [7, 11) is 1.59. The molecule has 0 fully saturated rings. The van der Waals surface area contributed by atoms with Crippen molar-refractivity contribution in [1.29, 1.82) is 5.26 Å². The molecular weight excluding hydrogens is 394 g/mol. The van der Waals surface area contributed by atoms with E-state index in [9.17, 15) is 9.59 Å². The highest BCUT2D eigenvalue weighted by Gasteiger charge is 2.31. The van der Waals surface area contributed by atoms with Gasteiger partial charge in [0.1, 0.15) is 18.4 Å². The van der Waals surface area contributed by atoms with E-state index in [-0.39, 0.29) is 18.3 Å². The monoisotopic (exact) mass is 413 g/mol. The van der Waals surface area contributed by atoms with Crippen LogP contribution in [0.3, 0.4) is 0 Å². The van der Waals surface area contributed by atoms with Gasteiger partial charge in [0.05, 0.1) is 23.0 Å². The molecule has 1 N–H and O–H groups in total. The first-order valence-electron chi connectivity index (χ1n) is 9.62. The first-order valence-corrected chi connectivity index (χ1v) is 9.62. The molecule has 0 saturated heterocycles. The van der Waals surface area contributed by atoms with Crippen molar-refractivity contribution in [2.45, 2.75) is 13.0 Å². The Morgan fingerprint density at radius 1 is 1.26 bits per heavy atom. The van der Waals surface area contributed by atoms with Gasteiger partial charge >= 0.3 is 0 Å². The Morgan fingerprint density at radius 2 is 2.03 bits per heavy atom.